The van der Waals surface area contributed by atoms with Gasteiger partial charge in [-0.2, -0.15) is 0 Å². The summed E-state index contributed by atoms with van der Waals surface area (Å²) in [6.45, 7) is 4.76. The quantitative estimate of drug-likeness (QED) is 0.152. The van der Waals surface area contributed by atoms with Gasteiger partial charge in [-0.3, -0.25) is 0 Å². The largest absolute Gasteiger partial charge is 0.308 e. The Kier molecular flexibility index (Phi) is 8.29. The fourth-order valence-electron chi connectivity index (χ4n) is 11.2. The summed E-state index contributed by atoms with van der Waals surface area (Å²) in [6.07, 6.45) is 0. The van der Waals surface area contributed by atoms with Gasteiger partial charge in [-0.15, -0.1) is 0 Å². The summed E-state index contributed by atoms with van der Waals surface area (Å²) in [4.78, 5) is 2.54. The van der Waals surface area contributed by atoms with Crippen molar-refractivity contribution in [1.82, 2.24) is 4.57 Å². The molecule has 1 aliphatic rings. The summed E-state index contributed by atoms with van der Waals surface area (Å²) in [7, 11) is 0. The number of fused-ring (bicyclic) bond motifs is 12. The van der Waals surface area contributed by atoms with Crippen molar-refractivity contribution in [3.05, 3.63) is 242 Å². The Hall–Kier alpha value is -8.20. The molecule has 1 aromatic heterocycles. The van der Waals surface area contributed by atoms with Gasteiger partial charge in [-0.1, -0.05) is 202 Å². The van der Waals surface area contributed by atoms with Crippen molar-refractivity contribution in [2.24, 2.45) is 0 Å². The van der Waals surface area contributed by atoms with Crippen molar-refractivity contribution in [2.75, 3.05) is 4.90 Å². The van der Waals surface area contributed by atoms with Crippen LogP contribution in [0.2, 0.25) is 0 Å². The summed E-state index contributed by atoms with van der Waals surface area (Å²) < 4.78 is 2.55. The summed E-state index contributed by atoms with van der Waals surface area (Å²) in [5.74, 6) is 0. The number of anilines is 3. The van der Waals surface area contributed by atoms with Crippen molar-refractivity contribution in [2.45, 2.75) is 19.3 Å². The highest BCUT2D eigenvalue weighted by Crippen LogP contribution is 2.53. The van der Waals surface area contributed by atoms with Gasteiger partial charge in [0.25, 0.3) is 0 Å². The second kappa shape index (κ2) is 14.4. The SMILES string of the molecule is CC1(C)c2ccccc2-c2ccc(N(c3cccc(-c4ccccc4-c4ccccc4)c3)c3ccc4c5ccccc5c5ccccc5c4c3-n3c4ccccc4c4ccccc43)cc21. The second-order valence-electron chi connectivity index (χ2n) is 18.0. The maximum Gasteiger partial charge on any atom is 0.0788 e. The van der Waals surface area contributed by atoms with Crippen LogP contribution in [0.3, 0.4) is 0 Å². The molecule has 12 aromatic rings. The van der Waals surface area contributed by atoms with Gasteiger partial charge in [-0.05, 0) is 114 Å². The minimum atomic E-state index is -0.182. The Morgan fingerprint density at radius 2 is 0.831 bits per heavy atom. The zero-order valence-electron chi connectivity index (χ0n) is 36.3. The summed E-state index contributed by atoms with van der Waals surface area (Å²) in [5.41, 5.74) is 16.7. The van der Waals surface area contributed by atoms with Crippen LogP contribution in [0.15, 0.2) is 231 Å². The van der Waals surface area contributed by atoms with E-state index in [-0.39, 0.29) is 5.41 Å². The van der Waals surface area contributed by atoms with E-state index in [1.54, 1.807) is 0 Å². The average Bonchev–Trinajstić information content (AvgIpc) is 3.82. The summed E-state index contributed by atoms with van der Waals surface area (Å²) in [6, 6.07) is 85.4. The molecule has 1 heterocycles. The first-order valence-electron chi connectivity index (χ1n) is 22.7. The molecule has 0 saturated heterocycles. The number of hydrogen-bond donors (Lipinski definition) is 0. The zero-order chi connectivity index (χ0) is 43.2. The van der Waals surface area contributed by atoms with E-state index in [2.05, 4.69) is 254 Å². The monoisotopic (exact) mass is 828 g/mol. The van der Waals surface area contributed by atoms with Gasteiger partial charge in [0.1, 0.15) is 0 Å². The lowest BCUT2D eigenvalue weighted by atomic mass is 9.82. The molecule has 0 bridgehead atoms. The number of benzene rings is 11. The van der Waals surface area contributed by atoms with Gasteiger partial charge >= 0.3 is 0 Å². The number of nitrogens with zero attached hydrogens (tertiary/aromatic N) is 2. The van der Waals surface area contributed by atoms with Gasteiger partial charge in [0.05, 0.1) is 22.4 Å². The highest BCUT2D eigenvalue weighted by molar-refractivity contribution is 6.29. The fourth-order valence-corrected chi connectivity index (χ4v) is 11.2. The lowest BCUT2D eigenvalue weighted by molar-refractivity contribution is 0.660. The normalized spacial score (nSPS) is 12.9. The summed E-state index contributed by atoms with van der Waals surface area (Å²) in [5, 5.41) is 9.92. The van der Waals surface area contributed by atoms with Crippen molar-refractivity contribution in [1.29, 1.82) is 0 Å². The molecule has 0 atom stereocenters. The van der Waals surface area contributed by atoms with Gasteiger partial charge in [0.2, 0.25) is 0 Å². The minimum absolute atomic E-state index is 0.182. The van der Waals surface area contributed by atoms with Gasteiger partial charge in [-0.25, -0.2) is 0 Å². The predicted octanol–water partition coefficient (Wildman–Crippen LogP) is 17.4. The topological polar surface area (TPSA) is 8.17 Å². The van der Waals surface area contributed by atoms with Crippen LogP contribution in [0.1, 0.15) is 25.0 Å². The van der Waals surface area contributed by atoms with Crippen LogP contribution in [0.5, 0.6) is 0 Å². The molecule has 0 saturated carbocycles. The van der Waals surface area contributed by atoms with Gasteiger partial charge < -0.3 is 9.47 Å². The van der Waals surface area contributed by atoms with Crippen LogP contribution in [0.25, 0.3) is 93.2 Å². The molecule has 306 valence electrons. The first-order chi connectivity index (χ1) is 32.0. The van der Waals surface area contributed by atoms with E-state index in [1.165, 1.54) is 93.1 Å². The lowest BCUT2D eigenvalue weighted by Crippen LogP contribution is -2.17. The Morgan fingerprint density at radius 1 is 0.338 bits per heavy atom. The standard InChI is InChI=1S/C63H44N2/c1-63(2)56-32-15-12-28-50(56)51-36-35-44(40-57(51)63)64(43-22-18-21-42(39-43)46-24-7-6-23-45(46)41-19-4-3-5-20-41)60-38-37-55-49-27-9-8-25-47(49)48-26-10-11-31-54(48)61(55)62(60)65-58-33-16-13-29-52(58)53-30-14-17-34-59(53)65/h3-40H,1-2H3. The number of rotatable bonds is 6. The molecular formula is C63H44N2. The minimum Gasteiger partial charge on any atom is -0.308 e. The van der Waals surface area contributed by atoms with Crippen LogP contribution < -0.4 is 4.90 Å². The first kappa shape index (κ1) is 37.4. The molecule has 0 fully saturated rings. The van der Waals surface area contributed by atoms with E-state index in [4.69, 9.17) is 0 Å². The smallest absolute Gasteiger partial charge is 0.0788 e. The molecule has 0 amide bonds. The first-order valence-corrected chi connectivity index (χ1v) is 22.7. The molecule has 13 rings (SSSR count). The van der Waals surface area contributed by atoms with Crippen molar-refractivity contribution < 1.29 is 0 Å². The maximum atomic E-state index is 2.55. The summed E-state index contributed by atoms with van der Waals surface area (Å²) >= 11 is 0. The van der Waals surface area contributed by atoms with Crippen molar-refractivity contribution in [3.8, 4) is 39.1 Å². The maximum absolute atomic E-state index is 2.55. The Morgan fingerprint density at radius 3 is 1.52 bits per heavy atom. The molecule has 2 nitrogen and oxygen atoms in total. The molecule has 2 heteroatoms. The molecule has 0 unspecified atom stereocenters. The third kappa shape index (κ3) is 5.60. The fraction of sp³-hybridized carbons (Fsp3) is 0.0476. The zero-order valence-corrected chi connectivity index (χ0v) is 36.3. The van der Waals surface area contributed by atoms with E-state index in [9.17, 15) is 0 Å². The van der Waals surface area contributed by atoms with E-state index in [1.807, 2.05) is 0 Å². The highest BCUT2D eigenvalue weighted by atomic mass is 15.2. The van der Waals surface area contributed by atoms with E-state index in [0.717, 1.165) is 28.3 Å². The molecule has 1 aliphatic carbocycles. The molecule has 0 radical (unpaired) electrons. The second-order valence-corrected chi connectivity index (χ2v) is 18.0. The van der Waals surface area contributed by atoms with Crippen LogP contribution in [-0.4, -0.2) is 4.57 Å². The Labute approximate surface area is 378 Å². The van der Waals surface area contributed by atoms with Crippen molar-refractivity contribution >= 4 is 71.2 Å². The van der Waals surface area contributed by atoms with Crippen LogP contribution in [0.4, 0.5) is 17.1 Å². The molecule has 11 aromatic carbocycles. The van der Waals surface area contributed by atoms with Gasteiger partial charge in [0, 0.05) is 32.9 Å². The lowest BCUT2D eigenvalue weighted by Gasteiger charge is -2.31. The molecule has 65 heavy (non-hydrogen) atoms. The Balaban J connectivity index is 1.18. The van der Waals surface area contributed by atoms with E-state index < -0.39 is 0 Å². The van der Waals surface area contributed by atoms with Crippen LogP contribution in [-0.2, 0) is 5.41 Å². The van der Waals surface area contributed by atoms with Crippen LogP contribution >= 0.6 is 0 Å². The molecule has 0 spiro atoms. The van der Waals surface area contributed by atoms with E-state index in [0.29, 0.717) is 0 Å². The van der Waals surface area contributed by atoms with E-state index >= 15 is 0 Å². The van der Waals surface area contributed by atoms with Crippen LogP contribution in [0, 0.1) is 0 Å². The number of para-hydroxylation sites is 2. The predicted molar refractivity (Wildman–Crippen MR) is 276 cm³/mol. The third-order valence-electron chi connectivity index (χ3n) is 14.2. The third-order valence-corrected chi connectivity index (χ3v) is 14.2. The Bertz CT molecular complexity index is 3780. The van der Waals surface area contributed by atoms with Crippen molar-refractivity contribution in [3.63, 3.8) is 0 Å². The molecule has 0 aliphatic heterocycles. The highest BCUT2D eigenvalue weighted by Gasteiger charge is 2.36. The number of hydrogen-bond acceptors (Lipinski definition) is 1. The molecule has 0 N–H and O–H groups in total. The average molecular weight is 829 g/mol. The number of aromatic nitrogens is 1. The molecular weight excluding hydrogens is 785 g/mol. The van der Waals surface area contributed by atoms with Gasteiger partial charge in [0.15, 0.2) is 0 Å².